The van der Waals surface area contributed by atoms with Crippen molar-refractivity contribution in [2.24, 2.45) is 0 Å². The Labute approximate surface area is 132 Å². The Morgan fingerprint density at radius 3 is 2.48 bits per heavy atom. The van der Waals surface area contributed by atoms with Crippen LogP contribution < -0.4 is 15.4 Å². The van der Waals surface area contributed by atoms with Gasteiger partial charge in [0.25, 0.3) is 0 Å². The number of anilines is 1. The molecule has 8 heteroatoms. The highest BCUT2D eigenvalue weighted by atomic mass is 19.4. The van der Waals surface area contributed by atoms with Gasteiger partial charge in [0.2, 0.25) is 0 Å². The maximum atomic E-state index is 13.1. The number of alkyl halides is 3. The van der Waals surface area contributed by atoms with Crippen LogP contribution in [0.15, 0.2) is 18.2 Å². The first kappa shape index (κ1) is 19.1. The van der Waals surface area contributed by atoms with Crippen LogP contribution in [0.3, 0.4) is 0 Å². The Balaban J connectivity index is 2.97. The largest absolute Gasteiger partial charge is 0.494 e. The lowest BCUT2D eigenvalue weighted by atomic mass is 10.0. The number of rotatable bonds is 6. The van der Waals surface area contributed by atoms with E-state index in [-0.39, 0.29) is 31.1 Å². The monoisotopic (exact) mass is 334 g/mol. The van der Waals surface area contributed by atoms with Crippen LogP contribution in [-0.2, 0) is 6.18 Å². The quantitative estimate of drug-likeness (QED) is 0.747. The second-order valence-corrected chi connectivity index (χ2v) is 5.57. The van der Waals surface area contributed by atoms with E-state index in [1.165, 1.54) is 6.07 Å². The molecule has 0 radical (unpaired) electrons. The Hall–Kier alpha value is -1.96. The Morgan fingerprint density at radius 1 is 1.30 bits per heavy atom. The van der Waals surface area contributed by atoms with Gasteiger partial charge >= 0.3 is 12.2 Å². The number of ether oxygens (including phenoxy) is 1. The fourth-order valence-electron chi connectivity index (χ4n) is 1.93. The van der Waals surface area contributed by atoms with Gasteiger partial charge in [0.05, 0.1) is 17.9 Å². The first-order chi connectivity index (χ1) is 10.6. The van der Waals surface area contributed by atoms with Crippen LogP contribution in [0.2, 0.25) is 0 Å². The van der Waals surface area contributed by atoms with Crippen LogP contribution in [-0.4, -0.2) is 29.9 Å². The number of amides is 2. The number of nitrogens with one attached hydrogen (secondary N) is 2. The zero-order chi connectivity index (χ0) is 17.7. The molecule has 0 aliphatic carbocycles. The van der Waals surface area contributed by atoms with Crippen LogP contribution in [0.1, 0.15) is 32.8 Å². The number of benzene rings is 1. The van der Waals surface area contributed by atoms with E-state index in [0.29, 0.717) is 0 Å². The first-order valence-electron chi connectivity index (χ1n) is 7.13. The van der Waals surface area contributed by atoms with Gasteiger partial charge in [-0.15, -0.1) is 0 Å². The maximum absolute atomic E-state index is 13.1. The van der Waals surface area contributed by atoms with Crippen molar-refractivity contribution in [2.45, 2.75) is 38.9 Å². The molecule has 1 rings (SSSR count). The van der Waals surface area contributed by atoms with Gasteiger partial charge in [-0.25, -0.2) is 4.79 Å². The van der Waals surface area contributed by atoms with Crippen LogP contribution in [0.25, 0.3) is 0 Å². The predicted molar refractivity (Wildman–Crippen MR) is 80.5 cm³/mol. The van der Waals surface area contributed by atoms with Gasteiger partial charge in [0, 0.05) is 12.1 Å². The van der Waals surface area contributed by atoms with Crippen molar-refractivity contribution < 1.29 is 27.8 Å². The molecule has 23 heavy (non-hydrogen) atoms. The third-order valence-electron chi connectivity index (χ3n) is 3.04. The average Bonchev–Trinajstić information content (AvgIpc) is 2.38. The molecule has 1 aromatic rings. The molecule has 2 amide bonds. The molecular formula is C15H21F3N2O3. The summed E-state index contributed by atoms with van der Waals surface area (Å²) in [6, 6.07) is 2.57. The van der Waals surface area contributed by atoms with Crippen molar-refractivity contribution in [2.75, 3.05) is 18.5 Å². The Kier molecular flexibility index (Phi) is 6.26. The van der Waals surface area contributed by atoms with E-state index in [4.69, 9.17) is 9.84 Å². The molecule has 130 valence electrons. The van der Waals surface area contributed by atoms with Gasteiger partial charge in [-0.05, 0) is 45.4 Å². The van der Waals surface area contributed by atoms with Gasteiger partial charge in [-0.2, -0.15) is 13.2 Å². The van der Waals surface area contributed by atoms with Crippen molar-refractivity contribution in [3.8, 4) is 5.75 Å². The lowest BCUT2D eigenvalue weighted by Crippen LogP contribution is -2.46. The van der Waals surface area contributed by atoms with Gasteiger partial charge in [-0.1, -0.05) is 0 Å². The van der Waals surface area contributed by atoms with E-state index >= 15 is 0 Å². The van der Waals surface area contributed by atoms with Crippen LogP contribution in [0.5, 0.6) is 5.75 Å². The highest BCUT2D eigenvalue weighted by Gasteiger charge is 2.34. The van der Waals surface area contributed by atoms with Crippen LogP contribution >= 0.6 is 0 Å². The molecule has 0 saturated carbocycles. The summed E-state index contributed by atoms with van der Waals surface area (Å²) in [6.07, 6.45) is -4.35. The van der Waals surface area contributed by atoms with Gasteiger partial charge in [-0.3, -0.25) is 0 Å². The molecule has 0 heterocycles. The summed E-state index contributed by atoms with van der Waals surface area (Å²) in [5, 5.41) is 13.6. The summed E-state index contributed by atoms with van der Waals surface area (Å²) in [7, 11) is 0. The standard InChI is InChI=1S/C15H21F3N2O3/c1-4-23-10-5-6-12(11(9-10)15(16,17)18)19-13(22)20-14(2,3)7-8-21/h5-6,9,21H,4,7-8H2,1-3H3,(H2,19,20,22). The minimum Gasteiger partial charge on any atom is -0.494 e. The van der Waals surface area contributed by atoms with E-state index in [9.17, 15) is 18.0 Å². The van der Waals surface area contributed by atoms with Crippen molar-refractivity contribution in [3.05, 3.63) is 23.8 Å². The second kappa shape index (κ2) is 7.54. The highest BCUT2D eigenvalue weighted by molar-refractivity contribution is 5.90. The predicted octanol–water partition coefficient (Wildman–Crippen LogP) is 3.39. The third-order valence-corrected chi connectivity index (χ3v) is 3.04. The van der Waals surface area contributed by atoms with E-state index in [2.05, 4.69) is 10.6 Å². The van der Waals surface area contributed by atoms with E-state index in [0.717, 1.165) is 12.1 Å². The summed E-state index contributed by atoms with van der Waals surface area (Å²) in [6.45, 7) is 5.07. The zero-order valence-electron chi connectivity index (χ0n) is 13.3. The molecule has 0 atom stereocenters. The summed E-state index contributed by atoms with van der Waals surface area (Å²) in [4.78, 5) is 11.9. The SMILES string of the molecule is CCOc1ccc(NC(=O)NC(C)(C)CCO)c(C(F)(F)F)c1. The third kappa shape index (κ3) is 5.97. The number of halogens is 3. The number of hydrogen-bond acceptors (Lipinski definition) is 3. The number of urea groups is 1. The summed E-state index contributed by atoms with van der Waals surface area (Å²) < 4.78 is 44.4. The van der Waals surface area contributed by atoms with Crippen LogP contribution in [0, 0.1) is 0 Å². The molecule has 1 aromatic carbocycles. The highest BCUT2D eigenvalue weighted by Crippen LogP contribution is 2.37. The van der Waals surface area contributed by atoms with Crippen molar-refractivity contribution in [1.82, 2.24) is 5.32 Å². The molecule has 0 spiro atoms. The fourth-order valence-corrected chi connectivity index (χ4v) is 1.93. The van der Waals surface area contributed by atoms with Gasteiger partial charge in [0.15, 0.2) is 0 Å². The molecular weight excluding hydrogens is 313 g/mol. The zero-order valence-corrected chi connectivity index (χ0v) is 13.3. The van der Waals surface area contributed by atoms with Crippen molar-refractivity contribution in [1.29, 1.82) is 0 Å². The second-order valence-electron chi connectivity index (χ2n) is 5.57. The lowest BCUT2D eigenvalue weighted by molar-refractivity contribution is -0.137. The number of aliphatic hydroxyl groups excluding tert-OH is 1. The smallest absolute Gasteiger partial charge is 0.418 e. The minimum atomic E-state index is -4.63. The number of carbonyl (C=O) groups excluding carboxylic acids is 1. The average molecular weight is 334 g/mol. The van der Waals surface area contributed by atoms with Crippen LogP contribution in [0.4, 0.5) is 23.7 Å². The molecule has 3 N–H and O–H groups in total. The fraction of sp³-hybridized carbons (Fsp3) is 0.533. The number of aliphatic hydroxyl groups is 1. The molecule has 0 aromatic heterocycles. The molecule has 0 fully saturated rings. The molecule has 0 aliphatic heterocycles. The van der Waals surface area contributed by atoms with E-state index < -0.39 is 23.3 Å². The lowest BCUT2D eigenvalue weighted by Gasteiger charge is -2.26. The van der Waals surface area contributed by atoms with Gasteiger partial charge in [0.1, 0.15) is 5.75 Å². The molecule has 0 saturated heterocycles. The molecule has 0 unspecified atom stereocenters. The minimum absolute atomic E-state index is 0.0754. The van der Waals surface area contributed by atoms with E-state index in [1.54, 1.807) is 20.8 Å². The Morgan fingerprint density at radius 2 is 1.96 bits per heavy atom. The summed E-state index contributed by atoms with van der Waals surface area (Å²) in [5.41, 5.74) is -2.10. The van der Waals surface area contributed by atoms with Crippen molar-refractivity contribution in [3.63, 3.8) is 0 Å². The number of carbonyl (C=O) groups is 1. The Bertz CT molecular complexity index is 545. The summed E-state index contributed by atoms with van der Waals surface area (Å²) in [5.74, 6) is 0.0754. The normalized spacial score (nSPS) is 12.0. The maximum Gasteiger partial charge on any atom is 0.418 e. The molecule has 0 bridgehead atoms. The molecule has 0 aliphatic rings. The first-order valence-corrected chi connectivity index (χ1v) is 7.13. The van der Waals surface area contributed by atoms with Crippen molar-refractivity contribution >= 4 is 11.7 Å². The summed E-state index contributed by atoms with van der Waals surface area (Å²) >= 11 is 0. The number of hydrogen-bond donors (Lipinski definition) is 3. The van der Waals surface area contributed by atoms with E-state index in [1.807, 2.05) is 0 Å². The van der Waals surface area contributed by atoms with Gasteiger partial charge < -0.3 is 20.5 Å². The topological polar surface area (TPSA) is 70.6 Å². The molecule has 5 nitrogen and oxygen atoms in total.